The predicted octanol–water partition coefficient (Wildman–Crippen LogP) is 1.10. The number of carbonyl (C=O) groups is 1. The highest BCUT2D eigenvalue weighted by Crippen LogP contribution is 2.34. The van der Waals surface area contributed by atoms with Crippen LogP contribution >= 0.6 is 0 Å². The van der Waals surface area contributed by atoms with Crippen LogP contribution in [0.15, 0.2) is 6.07 Å². The minimum Gasteiger partial charge on any atom is -0.494 e. The van der Waals surface area contributed by atoms with Gasteiger partial charge >= 0.3 is 5.97 Å². The van der Waals surface area contributed by atoms with Crippen molar-refractivity contribution < 1.29 is 33.3 Å². The maximum atomic E-state index is 13.6. The fourth-order valence-electron chi connectivity index (χ4n) is 1.27. The molecule has 1 aromatic rings. The molecule has 0 spiro atoms. The van der Waals surface area contributed by atoms with Crippen LogP contribution in [-0.2, 0) is 4.79 Å². The molecule has 2 N–H and O–H groups in total. The number of aliphatic carboxylic acids is 1. The van der Waals surface area contributed by atoms with Crippen LogP contribution in [0.3, 0.4) is 0 Å². The Labute approximate surface area is 95.2 Å². The van der Waals surface area contributed by atoms with Gasteiger partial charge in [0.1, 0.15) is 0 Å². The molecule has 0 amide bonds. The number of aliphatic hydroxyl groups excluding tert-OH is 1. The first-order chi connectivity index (χ1) is 7.93. The normalized spacial score (nSPS) is 12.1. The molecule has 0 heterocycles. The molecular formula is C10H10F2O5. The highest BCUT2D eigenvalue weighted by molar-refractivity contribution is 5.74. The fourth-order valence-corrected chi connectivity index (χ4v) is 1.27. The molecule has 0 aromatic heterocycles. The highest BCUT2D eigenvalue weighted by Gasteiger charge is 2.27. The summed E-state index contributed by atoms with van der Waals surface area (Å²) in [5.74, 6) is -5.27. The third kappa shape index (κ3) is 2.28. The summed E-state index contributed by atoms with van der Waals surface area (Å²) in [4.78, 5) is 10.5. The van der Waals surface area contributed by atoms with E-state index in [-0.39, 0.29) is 0 Å². The lowest BCUT2D eigenvalue weighted by Crippen LogP contribution is -2.14. The van der Waals surface area contributed by atoms with Crippen LogP contribution in [0.1, 0.15) is 11.7 Å². The van der Waals surface area contributed by atoms with Crippen molar-refractivity contribution in [3.05, 3.63) is 23.3 Å². The highest BCUT2D eigenvalue weighted by atomic mass is 19.1. The van der Waals surface area contributed by atoms with Gasteiger partial charge in [-0.25, -0.2) is 9.18 Å². The third-order valence-electron chi connectivity index (χ3n) is 2.11. The number of aliphatic hydroxyl groups is 1. The first-order valence-electron chi connectivity index (χ1n) is 4.44. The molecule has 0 saturated heterocycles. The molecule has 1 unspecified atom stereocenters. The smallest absolute Gasteiger partial charge is 0.337 e. The Morgan fingerprint density at radius 1 is 1.29 bits per heavy atom. The van der Waals surface area contributed by atoms with E-state index < -0.39 is 40.8 Å². The molecule has 5 nitrogen and oxygen atoms in total. The number of hydrogen-bond donors (Lipinski definition) is 2. The van der Waals surface area contributed by atoms with Gasteiger partial charge in [0, 0.05) is 5.56 Å². The Morgan fingerprint density at radius 3 is 2.29 bits per heavy atom. The summed E-state index contributed by atoms with van der Waals surface area (Å²) in [6.45, 7) is 0. The molecule has 0 aliphatic rings. The molecule has 0 aliphatic heterocycles. The molecule has 0 bridgehead atoms. The van der Waals surface area contributed by atoms with Crippen LogP contribution in [-0.4, -0.2) is 30.4 Å². The van der Waals surface area contributed by atoms with Crippen molar-refractivity contribution in [3.8, 4) is 11.5 Å². The molecular weight excluding hydrogens is 238 g/mol. The fraction of sp³-hybridized carbons (Fsp3) is 0.300. The van der Waals surface area contributed by atoms with Crippen molar-refractivity contribution in [1.29, 1.82) is 0 Å². The number of carboxylic acids is 1. The summed E-state index contributed by atoms with van der Waals surface area (Å²) in [5, 5.41) is 17.8. The van der Waals surface area contributed by atoms with Crippen molar-refractivity contribution in [3.63, 3.8) is 0 Å². The molecule has 0 saturated carbocycles. The monoisotopic (exact) mass is 248 g/mol. The van der Waals surface area contributed by atoms with E-state index in [0.717, 1.165) is 20.3 Å². The van der Waals surface area contributed by atoms with Gasteiger partial charge in [0.25, 0.3) is 0 Å². The van der Waals surface area contributed by atoms with Gasteiger partial charge in [-0.2, -0.15) is 4.39 Å². The predicted molar refractivity (Wildman–Crippen MR) is 52.1 cm³/mol. The van der Waals surface area contributed by atoms with Gasteiger partial charge in [0.2, 0.25) is 5.82 Å². The van der Waals surface area contributed by atoms with E-state index >= 15 is 0 Å². The first kappa shape index (κ1) is 13.2. The number of carboxylic acid groups (broad SMARTS) is 1. The van der Waals surface area contributed by atoms with Crippen LogP contribution in [0.4, 0.5) is 8.78 Å². The van der Waals surface area contributed by atoms with Gasteiger partial charge in [-0.3, -0.25) is 0 Å². The molecule has 0 radical (unpaired) electrons. The number of ether oxygens (including phenoxy) is 2. The lowest BCUT2D eigenvalue weighted by molar-refractivity contribution is -0.147. The van der Waals surface area contributed by atoms with E-state index in [0.29, 0.717) is 0 Å². The van der Waals surface area contributed by atoms with Crippen LogP contribution in [0.5, 0.6) is 11.5 Å². The zero-order valence-electron chi connectivity index (χ0n) is 9.03. The molecule has 1 aromatic carbocycles. The Bertz CT molecular complexity index is 447. The minimum absolute atomic E-state index is 0.418. The second kappa shape index (κ2) is 4.96. The lowest BCUT2D eigenvalue weighted by Gasteiger charge is -2.13. The molecule has 94 valence electrons. The second-order valence-corrected chi connectivity index (χ2v) is 3.07. The molecule has 0 aliphatic carbocycles. The van der Waals surface area contributed by atoms with E-state index in [1.54, 1.807) is 0 Å². The maximum absolute atomic E-state index is 13.6. The van der Waals surface area contributed by atoms with Gasteiger partial charge in [-0.05, 0) is 6.07 Å². The van der Waals surface area contributed by atoms with Crippen LogP contribution < -0.4 is 9.47 Å². The van der Waals surface area contributed by atoms with Crippen molar-refractivity contribution in [2.24, 2.45) is 0 Å². The zero-order valence-corrected chi connectivity index (χ0v) is 9.03. The topological polar surface area (TPSA) is 76.0 Å². The van der Waals surface area contributed by atoms with Gasteiger partial charge in [-0.15, -0.1) is 0 Å². The molecule has 7 heteroatoms. The average molecular weight is 248 g/mol. The number of benzene rings is 1. The Kier molecular flexibility index (Phi) is 3.84. The van der Waals surface area contributed by atoms with E-state index in [9.17, 15) is 18.7 Å². The van der Waals surface area contributed by atoms with Crippen LogP contribution in [0.25, 0.3) is 0 Å². The number of rotatable bonds is 4. The van der Waals surface area contributed by atoms with E-state index in [4.69, 9.17) is 5.11 Å². The maximum Gasteiger partial charge on any atom is 0.337 e. The number of halogens is 2. The standard InChI is InChI=1S/C10H10F2O5/c1-16-5-3-4(8(13)10(14)15)6(11)9(17-2)7(5)12/h3,8,13H,1-2H3,(H,14,15). The van der Waals surface area contributed by atoms with Gasteiger partial charge in [0.05, 0.1) is 14.2 Å². The number of methoxy groups -OCH3 is 2. The SMILES string of the molecule is COc1cc(C(O)C(=O)O)c(F)c(OC)c1F. The van der Waals surface area contributed by atoms with E-state index in [2.05, 4.69) is 9.47 Å². The lowest BCUT2D eigenvalue weighted by atomic mass is 10.1. The third-order valence-corrected chi connectivity index (χ3v) is 2.11. The Balaban J connectivity index is 3.46. The molecule has 17 heavy (non-hydrogen) atoms. The van der Waals surface area contributed by atoms with Crippen LogP contribution in [0, 0.1) is 11.6 Å². The van der Waals surface area contributed by atoms with Crippen molar-refractivity contribution >= 4 is 5.97 Å². The summed E-state index contributed by atoms with van der Waals surface area (Å²) < 4.78 is 36.1. The van der Waals surface area contributed by atoms with Gasteiger partial charge in [-0.1, -0.05) is 0 Å². The van der Waals surface area contributed by atoms with Crippen molar-refractivity contribution in [2.75, 3.05) is 14.2 Å². The first-order valence-corrected chi connectivity index (χ1v) is 4.44. The van der Waals surface area contributed by atoms with E-state index in [1.807, 2.05) is 0 Å². The minimum atomic E-state index is -2.13. The molecule has 1 atom stereocenters. The Hall–Kier alpha value is -1.89. The van der Waals surface area contributed by atoms with Gasteiger partial charge in [0.15, 0.2) is 23.4 Å². The average Bonchev–Trinajstić information content (AvgIpc) is 2.29. The van der Waals surface area contributed by atoms with Crippen molar-refractivity contribution in [2.45, 2.75) is 6.10 Å². The van der Waals surface area contributed by atoms with Gasteiger partial charge < -0.3 is 19.7 Å². The summed E-state index contributed by atoms with van der Waals surface area (Å²) >= 11 is 0. The van der Waals surface area contributed by atoms with E-state index in [1.165, 1.54) is 0 Å². The van der Waals surface area contributed by atoms with Crippen molar-refractivity contribution in [1.82, 2.24) is 0 Å². The quantitative estimate of drug-likeness (QED) is 0.834. The molecule has 1 rings (SSSR count). The largest absolute Gasteiger partial charge is 0.494 e. The Morgan fingerprint density at radius 2 is 1.88 bits per heavy atom. The summed E-state index contributed by atoms with van der Waals surface area (Å²) in [6.07, 6.45) is -2.13. The number of hydrogen-bond acceptors (Lipinski definition) is 4. The summed E-state index contributed by atoms with van der Waals surface area (Å²) in [6, 6.07) is 0.770. The molecule has 0 fully saturated rings. The summed E-state index contributed by atoms with van der Waals surface area (Å²) in [7, 11) is 2.13. The zero-order chi connectivity index (χ0) is 13.2. The second-order valence-electron chi connectivity index (χ2n) is 3.07. The van der Waals surface area contributed by atoms with Crippen LogP contribution in [0.2, 0.25) is 0 Å². The summed E-state index contributed by atoms with van der Waals surface area (Å²) in [5.41, 5.74) is -0.632.